The van der Waals surface area contributed by atoms with Gasteiger partial charge in [-0.05, 0) is 26.7 Å². The van der Waals surface area contributed by atoms with Gasteiger partial charge in [0.05, 0.1) is 17.8 Å². The van der Waals surface area contributed by atoms with Crippen molar-refractivity contribution in [3.8, 4) is 0 Å². The van der Waals surface area contributed by atoms with Crippen molar-refractivity contribution in [1.29, 1.82) is 0 Å². The molecule has 16 heavy (non-hydrogen) atoms. The Morgan fingerprint density at radius 2 is 1.50 bits per heavy atom. The zero-order valence-corrected chi connectivity index (χ0v) is 10.4. The summed E-state index contributed by atoms with van der Waals surface area (Å²) in [6.45, 7) is 5.03. The van der Waals surface area contributed by atoms with Crippen molar-refractivity contribution < 1.29 is 15.3 Å². The summed E-state index contributed by atoms with van der Waals surface area (Å²) in [5.74, 6) is 0. The molecule has 0 heterocycles. The number of hydrogen-bond acceptors (Lipinski definition) is 4. The van der Waals surface area contributed by atoms with Crippen LogP contribution in [-0.4, -0.2) is 57.7 Å². The Bertz CT molecular complexity index is 190. The Labute approximate surface area is 97.9 Å². The third-order valence-electron chi connectivity index (χ3n) is 3.10. The zero-order chi connectivity index (χ0) is 12.2. The van der Waals surface area contributed by atoms with Crippen LogP contribution >= 0.6 is 0 Å². The molecule has 2 atom stereocenters. The first-order valence-electron chi connectivity index (χ1n) is 6.22. The molecule has 96 valence electrons. The molecule has 0 aromatic carbocycles. The molecule has 0 saturated heterocycles. The van der Waals surface area contributed by atoms with Gasteiger partial charge in [-0.15, -0.1) is 0 Å². The van der Waals surface area contributed by atoms with E-state index >= 15 is 0 Å². The van der Waals surface area contributed by atoms with Crippen molar-refractivity contribution in [2.24, 2.45) is 0 Å². The molecule has 0 spiro atoms. The van der Waals surface area contributed by atoms with Gasteiger partial charge < -0.3 is 15.3 Å². The summed E-state index contributed by atoms with van der Waals surface area (Å²) in [5, 5.41) is 29.1. The van der Waals surface area contributed by atoms with Crippen molar-refractivity contribution in [3.63, 3.8) is 0 Å². The van der Waals surface area contributed by atoms with Crippen LogP contribution in [0.25, 0.3) is 0 Å². The molecule has 1 aliphatic rings. The molecular weight excluding hydrogens is 206 g/mol. The highest BCUT2D eigenvalue weighted by Crippen LogP contribution is 2.30. The van der Waals surface area contributed by atoms with Gasteiger partial charge in [0.15, 0.2) is 0 Å². The van der Waals surface area contributed by atoms with Crippen LogP contribution in [0.15, 0.2) is 0 Å². The van der Waals surface area contributed by atoms with E-state index in [1.165, 1.54) is 0 Å². The molecule has 4 nitrogen and oxygen atoms in total. The van der Waals surface area contributed by atoms with Gasteiger partial charge in [0, 0.05) is 19.6 Å². The van der Waals surface area contributed by atoms with Crippen LogP contribution in [-0.2, 0) is 0 Å². The van der Waals surface area contributed by atoms with Gasteiger partial charge in [-0.1, -0.05) is 12.8 Å². The van der Waals surface area contributed by atoms with Gasteiger partial charge in [0.1, 0.15) is 0 Å². The zero-order valence-electron chi connectivity index (χ0n) is 10.4. The maximum absolute atomic E-state index is 10.3. The topological polar surface area (TPSA) is 63.9 Å². The van der Waals surface area contributed by atoms with E-state index in [-0.39, 0.29) is 0 Å². The fourth-order valence-electron chi connectivity index (χ4n) is 2.56. The third kappa shape index (κ3) is 4.78. The molecule has 0 radical (unpaired) electrons. The molecule has 0 aliphatic heterocycles. The van der Waals surface area contributed by atoms with Gasteiger partial charge >= 0.3 is 0 Å². The summed E-state index contributed by atoms with van der Waals surface area (Å²) in [6, 6.07) is 0. The Balaban J connectivity index is 2.48. The number of aliphatic hydroxyl groups is 3. The minimum atomic E-state index is -0.607. The summed E-state index contributed by atoms with van der Waals surface area (Å²) in [4.78, 5) is 1.96. The van der Waals surface area contributed by atoms with E-state index in [0.29, 0.717) is 19.6 Å². The largest absolute Gasteiger partial charge is 0.392 e. The first-order valence-corrected chi connectivity index (χ1v) is 6.22. The first kappa shape index (κ1) is 13.9. The second-order valence-electron chi connectivity index (χ2n) is 5.32. The lowest BCUT2D eigenvalue weighted by Crippen LogP contribution is -2.46. The van der Waals surface area contributed by atoms with E-state index < -0.39 is 17.8 Å². The molecule has 0 amide bonds. The number of hydrogen-bond donors (Lipinski definition) is 3. The van der Waals surface area contributed by atoms with E-state index in [0.717, 1.165) is 25.7 Å². The normalized spacial score (nSPS) is 23.6. The molecule has 4 heteroatoms. The van der Waals surface area contributed by atoms with Gasteiger partial charge in [-0.3, -0.25) is 4.90 Å². The summed E-state index contributed by atoms with van der Waals surface area (Å²) in [5.41, 5.74) is -0.607. The van der Waals surface area contributed by atoms with E-state index in [2.05, 4.69) is 0 Å². The maximum atomic E-state index is 10.3. The maximum Gasteiger partial charge on any atom is 0.0774 e. The standard InChI is InChI=1S/C12H25NO3/c1-10(14)7-13(8-11(2)15)9-12(16)5-3-4-6-12/h10-11,14-16H,3-9H2,1-2H3. The Morgan fingerprint density at radius 3 is 1.88 bits per heavy atom. The molecular formula is C12H25NO3. The molecule has 0 aromatic heterocycles. The van der Waals surface area contributed by atoms with Crippen LogP contribution in [0.3, 0.4) is 0 Å². The lowest BCUT2D eigenvalue weighted by Gasteiger charge is -2.32. The third-order valence-corrected chi connectivity index (χ3v) is 3.10. The predicted molar refractivity (Wildman–Crippen MR) is 63.2 cm³/mol. The average molecular weight is 231 g/mol. The fourth-order valence-corrected chi connectivity index (χ4v) is 2.56. The highest BCUT2D eigenvalue weighted by atomic mass is 16.3. The smallest absolute Gasteiger partial charge is 0.0774 e. The SMILES string of the molecule is CC(O)CN(CC(C)O)CC1(O)CCCC1. The van der Waals surface area contributed by atoms with Crippen LogP contribution in [0.5, 0.6) is 0 Å². The molecule has 3 N–H and O–H groups in total. The van der Waals surface area contributed by atoms with E-state index in [4.69, 9.17) is 0 Å². The number of nitrogens with zero attached hydrogens (tertiary/aromatic N) is 1. The second-order valence-corrected chi connectivity index (χ2v) is 5.32. The van der Waals surface area contributed by atoms with Crippen molar-refractivity contribution in [1.82, 2.24) is 4.90 Å². The number of rotatable bonds is 6. The quantitative estimate of drug-likeness (QED) is 0.617. The summed E-state index contributed by atoms with van der Waals surface area (Å²) >= 11 is 0. The lowest BCUT2D eigenvalue weighted by molar-refractivity contribution is -0.0129. The molecule has 1 fully saturated rings. The lowest BCUT2D eigenvalue weighted by atomic mass is 10.0. The van der Waals surface area contributed by atoms with Crippen LogP contribution in [0.2, 0.25) is 0 Å². The van der Waals surface area contributed by atoms with Crippen molar-refractivity contribution in [2.75, 3.05) is 19.6 Å². The molecule has 1 saturated carbocycles. The van der Waals surface area contributed by atoms with Gasteiger partial charge in [-0.25, -0.2) is 0 Å². The fraction of sp³-hybridized carbons (Fsp3) is 1.00. The Kier molecular flexibility index (Phi) is 5.18. The Morgan fingerprint density at radius 1 is 1.06 bits per heavy atom. The molecule has 1 aliphatic carbocycles. The first-order chi connectivity index (χ1) is 7.41. The van der Waals surface area contributed by atoms with E-state index in [9.17, 15) is 15.3 Å². The predicted octanol–water partition coefficient (Wildman–Crippen LogP) is 0.355. The molecule has 0 bridgehead atoms. The molecule has 0 aromatic rings. The highest BCUT2D eigenvalue weighted by molar-refractivity contribution is 4.88. The minimum Gasteiger partial charge on any atom is -0.392 e. The van der Waals surface area contributed by atoms with Crippen LogP contribution in [0, 0.1) is 0 Å². The van der Waals surface area contributed by atoms with Crippen molar-refractivity contribution >= 4 is 0 Å². The minimum absolute atomic E-state index is 0.427. The summed E-state index contributed by atoms with van der Waals surface area (Å²) in [6.07, 6.45) is 2.97. The monoisotopic (exact) mass is 231 g/mol. The summed E-state index contributed by atoms with van der Waals surface area (Å²) < 4.78 is 0. The highest BCUT2D eigenvalue weighted by Gasteiger charge is 2.33. The van der Waals surface area contributed by atoms with Crippen LogP contribution < -0.4 is 0 Å². The van der Waals surface area contributed by atoms with E-state index in [1.807, 2.05) is 4.90 Å². The molecule has 2 unspecified atom stereocenters. The van der Waals surface area contributed by atoms with Crippen molar-refractivity contribution in [3.05, 3.63) is 0 Å². The van der Waals surface area contributed by atoms with Crippen molar-refractivity contribution in [2.45, 2.75) is 57.3 Å². The van der Waals surface area contributed by atoms with Crippen LogP contribution in [0.1, 0.15) is 39.5 Å². The second kappa shape index (κ2) is 5.96. The molecule has 1 rings (SSSR count). The average Bonchev–Trinajstić information content (AvgIpc) is 2.48. The van der Waals surface area contributed by atoms with Gasteiger partial charge in [-0.2, -0.15) is 0 Å². The summed E-state index contributed by atoms with van der Waals surface area (Å²) in [7, 11) is 0. The Hall–Kier alpha value is -0.160. The number of aliphatic hydroxyl groups excluding tert-OH is 2. The van der Waals surface area contributed by atoms with Crippen LogP contribution in [0.4, 0.5) is 0 Å². The van der Waals surface area contributed by atoms with E-state index in [1.54, 1.807) is 13.8 Å². The van der Waals surface area contributed by atoms with Gasteiger partial charge in [0.2, 0.25) is 0 Å². The van der Waals surface area contributed by atoms with Gasteiger partial charge in [0.25, 0.3) is 0 Å².